The van der Waals surface area contributed by atoms with Crippen molar-refractivity contribution in [2.24, 2.45) is 0 Å². The number of nitrogens with two attached hydrogens (primary N) is 1. The zero-order valence-corrected chi connectivity index (χ0v) is 8.97. The smallest absolute Gasteiger partial charge is 0.298 e. The van der Waals surface area contributed by atoms with Crippen LogP contribution < -0.4 is 10.6 Å². The van der Waals surface area contributed by atoms with Gasteiger partial charge in [-0.3, -0.25) is 0 Å². The quantitative estimate of drug-likeness (QED) is 0.791. The Hall–Kier alpha value is -2.22. The van der Waals surface area contributed by atoms with Crippen molar-refractivity contribution >= 4 is 22.8 Å². The van der Waals surface area contributed by atoms with Crippen LogP contribution in [0.5, 0.6) is 0 Å². The van der Waals surface area contributed by atoms with Crippen LogP contribution in [0.1, 0.15) is 6.42 Å². The second kappa shape index (κ2) is 4.11. The van der Waals surface area contributed by atoms with E-state index < -0.39 is 0 Å². The van der Waals surface area contributed by atoms with E-state index in [0.29, 0.717) is 30.3 Å². The number of anilines is 2. The number of benzene rings is 1. The lowest BCUT2D eigenvalue weighted by atomic mass is 10.3. The minimum atomic E-state index is 0.442. The van der Waals surface area contributed by atoms with Gasteiger partial charge in [0, 0.05) is 19.3 Å². The molecule has 0 unspecified atom stereocenters. The molecule has 16 heavy (non-hydrogen) atoms. The predicted molar refractivity (Wildman–Crippen MR) is 61.9 cm³/mol. The second-order valence-electron chi connectivity index (χ2n) is 3.55. The Morgan fingerprint density at radius 1 is 1.56 bits per heavy atom. The molecule has 0 radical (unpaired) electrons. The Kier molecular flexibility index (Phi) is 2.64. The summed E-state index contributed by atoms with van der Waals surface area (Å²) in [4.78, 5) is 6.10. The van der Waals surface area contributed by atoms with Crippen molar-refractivity contribution in [3.63, 3.8) is 0 Å². The highest BCUT2D eigenvalue weighted by atomic mass is 16.4. The van der Waals surface area contributed by atoms with Gasteiger partial charge in [-0.25, -0.2) is 0 Å². The SMILES string of the molecule is CN(CCC#N)c1nc2cc(N)ccc2o1. The maximum absolute atomic E-state index is 8.49. The third-order valence-corrected chi connectivity index (χ3v) is 2.29. The van der Waals surface area contributed by atoms with Gasteiger partial charge >= 0.3 is 0 Å². The lowest BCUT2D eigenvalue weighted by Crippen LogP contribution is -2.18. The first-order valence-electron chi connectivity index (χ1n) is 4.95. The number of rotatable bonds is 3. The van der Waals surface area contributed by atoms with E-state index in [1.54, 1.807) is 23.1 Å². The van der Waals surface area contributed by atoms with Crippen LogP contribution in [0, 0.1) is 11.3 Å². The summed E-state index contributed by atoms with van der Waals surface area (Å²) in [6.45, 7) is 0.596. The second-order valence-corrected chi connectivity index (χ2v) is 3.55. The molecule has 0 fully saturated rings. The third-order valence-electron chi connectivity index (χ3n) is 2.29. The standard InChI is InChI=1S/C11H12N4O/c1-15(6-2-5-12)11-14-9-7-8(13)3-4-10(9)16-11/h3-4,7H,2,6,13H2,1H3. The van der Waals surface area contributed by atoms with E-state index in [0.717, 1.165) is 5.52 Å². The van der Waals surface area contributed by atoms with Crippen LogP contribution in [0.2, 0.25) is 0 Å². The zero-order chi connectivity index (χ0) is 11.5. The molecule has 2 aromatic rings. The van der Waals surface area contributed by atoms with Crippen LogP contribution in [-0.2, 0) is 0 Å². The van der Waals surface area contributed by atoms with E-state index in [9.17, 15) is 0 Å². The normalized spacial score (nSPS) is 10.2. The van der Waals surface area contributed by atoms with Gasteiger partial charge in [-0.2, -0.15) is 10.2 Å². The molecule has 1 heterocycles. The number of oxazole rings is 1. The highest BCUT2D eigenvalue weighted by Gasteiger charge is 2.09. The molecule has 0 aliphatic carbocycles. The summed E-state index contributed by atoms with van der Waals surface area (Å²) < 4.78 is 5.53. The Balaban J connectivity index is 2.29. The van der Waals surface area contributed by atoms with Crippen molar-refractivity contribution < 1.29 is 4.42 Å². The molecule has 2 rings (SSSR count). The molecule has 0 aliphatic heterocycles. The highest BCUT2D eigenvalue weighted by molar-refractivity contribution is 5.78. The Morgan fingerprint density at radius 2 is 2.38 bits per heavy atom. The van der Waals surface area contributed by atoms with Gasteiger partial charge in [0.15, 0.2) is 5.58 Å². The molecule has 0 amide bonds. The van der Waals surface area contributed by atoms with Crippen molar-refractivity contribution in [3.8, 4) is 6.07 Å². The predicted octanol–water partition coefficient (Wildman–Crippen LogP) is 1.76. The van der Waals surface area contributed by atoms with Crippen LogP contribution in [0.25, 0.3) is 11.1 Å². The summed E-state index contributed by atoms with van der Waals surface area (Å²) >= 11 is 0. The van der Waals surface area contributed by atoms with E-state index in [2.05, 4.69) is 11.1 Å². The molecule has 0 aliphatic rings. The summed E-state index contributed by atoms with van der Waals surface area (Å²) in [6, 6.07) is 7.92. The topological polar surface area (TPSA) is 79.1 Å². The van der Waals surface area contributed by atoms with E-state index in [1.807, 2.05) is 7.05 Å². The fourth-order valence-electron chi connectivity index (χ4n) is 1.41. The first-order chi connectivity index (χ1) is 7.70. The minimum absolute atomic E-state index is 0.442. The van der Waals surface area contributed by atoms with Crippen LogP contribution in [0.15, 0.2) is 22.6 Å². The van der Waals surface area contributed by atoms with Crippen LogP contribution in [0.4, 0.5) is 11.7 Å². The van der Waals surface area contributed by atoms with Crippen molar-refractivity contribution in [1.82, 2.24) is 4.98 Å². The van der Waals surface area contributed by atoms with Gasteiger partial charge in [0.05, 0.1) is 12.5 Å². The summed E-state index contributed by atoms with van der Waals surface area (Å²) in [6.07, 6.45) is 0.442. The fourth-order valence-corrected chi connectivity index (χ4v) is 1.41. The molecule has 5 heteroatoms. The maximum Gasteiger partial charge on any atom is 0.298 e. The van der Waals surface area contributed by atoms with Crippen LogP contribution >= 0.6 is 0 Å². The molecule has 0 atom stereocenters. The highest BCUT2D eigenvalue weighted by Crippen LogP contribution is 2.22. The first-order valence-corrected chi connectivity index (χ1v) is 4.95. The molecule has 1 aromatic heterocycles. The number of aromatic nitrogens is 1. The van der Waals surface area contributed by atoms with E-state index in [4.69, 9.17) is 15.4 Å². The van der Waals surface area contributed by atoms with E-state index >= 15 is 0 Å². The van der Waals surface area contributed by atoms with Crippen molar-refractivity contribution in [3.05, 3.63) is 18.2 Å². The van der Waals surface area contributed by atoms with Crippen molar-refractivity contribution in [1.29, 1.82) is 5.26 Å². The van der Waals surface area contributed by atoms with Crippen LogP contribution in [-0.4, -0.2) is 18.6 Å². The third kappa shape index (κ3) is 1.91. The number of nitrogens with zero attached hydrogens (tertiary/aromatic N) is 3. The number of fused-ring (bicyclic) bond motifs is 1. The molecule has 2 N–H and O–H groups in total. The average Bonchev–Trinajstić information content (AvgIpc) is 2.68. The molecule has 0 spiro atoms. The molecule has 82 valence electrons. The lowest BCUT2D eigenvalue weighted by Gasteiger charge is -2.10. The zero-order valence-electron chi connectivity index (χ0n) is 8.97. The maximum atomic E-state index is 8.49. The van der Waals surface area contributed by atoms with Gasteiger partial charge in [-0.1, -0.05) is 0 Å². The van der Waals surface area contributed by atoms with E-state index in [-0.39, 0.29) is 0 Å². The number of hydrogen-bond donors (Lipinski definition) is 1. The van der Waals surface area contributed by atoms with Crippen molar-refractivity contribution in [2.75, 3.05) is 24.2 Å². The number of nitrogen functional groups attached to an aromatic ring is 1. The molecule has 0 saturated carbocycles. The summed E-state index contributed by atoms with van der Waals surface area (Å²) in [5, 5.41) is 8.49. The molecular formula is C11H12N4O. The first kappa shape index (κ1) is 10.3. The Bertz CT molecular complexity index is 540. The van der Waals surface area contributed by atoms with Crippen molar-refractivity contribution in [2.45, 2.75) is 6.42 Å². The van der Waals surface area contributed by atoms with Gasteiger partial charge in [0.25, 0.3) is 6.01 Å². The number of nitriles is 1. The Morgan fingerprint density at radius 3 is 3.12 bits per heavy atom. The summed E-state index contributed by atoms with van der Waals surface area (Å²) in [7, 11) is 1.84. The van der Waals surface area contributed by atoms with Gasteiger partial charge < -0.3 is 15.1 Å². The van der Waals surface area contributed by atoms with Gasteiger partial charge in [-0.15, -0.1) is 0 Å². The molecular weight excluding hydrogens is 204 g/mol. The lowest BCUT2D eigenvalue weighted by molar-refractivity contribution is 0.584. The molecule has 1 aromatic carbocycles. The van der Waals surface area contributed by atoms with Gasteiger partial charge in [0.2, 0.25) is 0 Å². The molecule has 5 nitrogen and oxygen atoms in total. The monoisotopic (exact) mass is 216 g/mol. The van der Waals surface area contributed by atoms with Gasteiger partial charge in [0.1, 0.15) is 5.52 Å². The summed E-state index contributed by atoms with van der Waals surface area (Å²) in [5.41, 5.74) is 7.75. The Labute approximate surface area is 93.1 Å². The minimum Gasteiger partial charge on any atom is -0.423 e. The summed E-state index contributed by atoms with van der Waals surface area (Å²) in [5.74, 6) is 0. The average molecular weight is 216 g/mol. The van der Waals surface area contributed by atoms with E-state index in [1.165, 1.54) is 0 Å². The molecule has 0 bridgehead atoms. The largest absolute Gasteiger partial charge is 0.423 e. The fraction of sp³-hybridized carbons (Fsp3) is 0.273. The molecule has 0 saturated heterocycles. The van der Waals surface area contributed by atoms with Crippen LogP contribution in [0.3, 0.4) is 0 Å². The van der Waals surface area contributed by atoms with Gasteiger partial charge in [-0.05, 0) is 18.2 Å². The number of hydrogen-bond acceptors (Lipinski definition) is 5.